The van der Waals surface area contributed by atoms with Gasteiger partial charge in [0.2, 0.25) is 0 Å². The summed E-state index contributed by atoms with van der Waals surface area (Å²) in [6, 6.07) is 3.11. The minimum Gasteiger partial charge on any atom is -0.496 e. The normalized spacial score (nSPS) is 20.6. The number of carboxylic acid groups (broad SMARTS) is 1. The van der Waals surface area contributed by atoms with Crippen molar-refractivity contribution in [2.24, 2.45) is 5.92 Å². The highest BCUT2D eigenvalue weighted by Gasteiger charge is 2.28. The van der Waals surface area contributed by atoms with Crippen LogP contribution in [-0.2, 0) is 4.79 Å². The van der Waals surface area contributed by atoms with E-state index in [1.54, 1.807) is 6.07 Å². The summed E-state index contributed by atoms with van der Waals surface area (Å²) in [6.45, 7) is 4.50. The molecule has 0 bridgehead atoms. The van der Waals surface area contributed by atoms with Gasteiger partial charge in [-0.25, -0.2) is 0 Å². The van der Waals surface area contributed by atoms with Crippen LogP contribution in [-0.4, -0.2) is 54.7 Å². The van der Waals surface area contributed by atoms with Gasteiger partial charge in [-0.05, 0) is 31.4 Å². The highest BCUT2D eigenvalue weighted by molar-refractivity contribution is 6.33. The lowest BCUT2D eigenvalue weighted by Crippen LogP contribution is -2.50. The molecule has 0 spiro atoms. The first-order valence-corrected chi connectivity index (χ1v) is 9.07. The zero-order chi connectivity index (χ0) is 19.3. The molecule has 0 aromatic heterocycles. The van der Waals surface area contributed by atoms with Gasteiger partial charge in [0.1, 0.15) is 5.75 Å². The number of anilines is 1. The number of ether oxygens (including phenoxy) is 1. The summed E-state index contributed by atoms with van der Waals surface area (Å²) in [5, 5.41) is 12.1. The lowest BCUT2D eigenvalue weighted by Gasteiger charge is -2.37. The first-order chi connectivity index (χ1) is 12.3. The number of nitrogen functional groups attached to an aromatic ring is 1. The predicted octanol–water partition coefficient (Wildman–Crippen LogP) is 2.24. The zero-order valence-corrected chi connectivity index (χ0v) is 15.9. The predicted molar refractivity (Wildman–Crippen MR) is 101 cm³/mol. The van der Waals surface area contributed by atoms with Gasteiger partial charge in [0, 0.05) is 31.6 Å². The summed E-state index contributed by atoms with van der Waals surface area (Å²) in [4.78, 5) is 25.5. The second-order valence-corrected chi connectivity index (χ2v) is 7.13. The number of nitrogens with one attached hydrogen (secondary N) is 1. The highest BCUT2D eigenvalue weighted by atomic mass is 35.5. The number of methoxy groups -OCH3 is 1. The van der Waals surface area contributed by atoms with Crippen molar-refractivity contribution < 1.29 is 19.4 Å². The molecule has 8 heteroatoms. The summed E-state index contributed by atoms with van der Waals surface area (Å²) in [7, 11) is 1.48. The fraction of sp³-hybridized carbons (Fsp3) is 0.556. The number of aliphatic carboxylic acids is 1. The summed E-state index contributed by atoms with van der Waals surface area (Å²) >= 11 is 6.04. The average molecular weight is 384 g/mol. The molecule has 1 aromatic rings. The maximum atomic E-state index is 12.7. The highest BCUT2D eigenvalue weighted by Crippen LogP contribution is 2.29. The summed E-state index contributed by atoms with van der Waals surface area (Å²) in [5.74, 6) is -0.354. The van der Waals surface area contributed by atoms with Crippen LogP contribution in [0, 0.1) is 5.92 Å². The smallest absolute Gasteiger partial charge is 0.303 e. The Labute approximate surface area is 158 Å². The van der Waals surface area contributed by atoms with Gasteiger partial charge in [-0.3, -0.25) is 9.59 Å². The Morgan fingerprint density at radius 1 is 1.46 bits per heavy atom. The van der Waals surface area contributed by atoms with E-state index in [4.69, 9.17) is 27.2 Å². The van der Waals surface area contributed by atoms with Gasteiger partial charge >= 0.3 is 5.97 Å². The molecular formula is C18H26ClN3O4. The minimum absolute atomic E-state index is 0.0410. The topological polar surface area (TPSA) is 105 Å². The summed E-state index contributed by atoms with van der Waals surface area (Å²) in [6.07, 6.45) is 1.63. The minimum atomic E-state index is -0.767. The number of carboxylic acids is 1. The molecule has 0 aliphatic carbocycles. The zero-order valence-electron chi connectivity index (χ0n) is 15.1. The first-order valence-electron chi connectivity index (χ1n) is 8.69. The number of benzene rings is 1. The van der Waals surface area contributed by atoms with Crippen molar-refractivity contribution in [3.63, 3.8) is 0 Å². The standard InChI is InChI=1S/C18H26ClN3O4/c1-11-10-22(6-3-4-17(23)24)7-5-15(11)21-18(25)12-8-13(19)14(20)9-16(12)26-2/h8-9,11,15H,3-7,10,20H2,1-2H3,(H,21,25)(H,23,24)/t11-,15+/m1/s1. The number of amides is 1. The van der Waals surface area contributed by atoms with Gasteiger partial charge in [0.25, 0.3) is 5.91 Å². The van der Waals surface area contributed by atoms with Crippen LogP contribution in [0.4, 0.5) is 5.69 Å². The van der Waals surface area contributed by atoms with Crippen LogP contribution in [0.1, 0.15) is 36.5 Å². The van der Waals surface area contributed by atoms with E-state index in [1.807, 2.05) is 0 Å². The third-order valence-corrected chi connectivity index (χ3v) is 5.06. The van der Waals surface area contributed by atoms with Crippen molar-refractivity contribution in [2.45, 2.75) is 32.2 Å². The van der Waals surface area contributed by atoms with Crippen molar-refractivity contribution in [3.8, 4) is 5.75 Å². The maximum Gasteiger partial charge on any atom is 0.303 e. The van der Waals surface area contributed by atoms with Gasteiger partial charge in [-0.1, -0.05) is 18.5 Å². The third kappa shape index (κ3) is 5.25. The monoisotopic (exact) mass is 383 g/mol. The van der Waals surface area contributed by atoms with Gasteiger partial charge < -0.3 is 25.8 Å². The van der Waals surface area contributed by atoms with Crippen LogP contribution < -0.4 is 15.8 Å². The molecule has 1 aliphatic heterocycles. The van der Waals surface area contributed by atoms with Crippen LogP contribution in [0.2, 0.25) is 5.02 Å². The largest absolute Gasteiger partial charge is 0.496 e. The van der Waals surface area contributed by atoms with E-state index in [9.17, 15) is 9.59 Å². The van der Waals surface area contributed by atoms with Crippen molar-refractivity contribution >= 4 is 29.2 Å². The molecule has 1 saturated heterocycles. The van der Waals surface area contributed by atoms with Crippen LogP contribution in [0.3, 0.4) is 0 Å². The van der Waals surface area contributed by atoms with Crippen molar-refractivity contribution in [2.75, 3.05) is 32.5 Å². The van der Waals surface area contributed by atoms with Crippen LogP contribution in [0.15, 0.2) is 12.1 Å². The fourth-order valence-corrected chi connectivity index (χ4v) is 3.43. The summed E-state index contributed by atoms with van der Waals surface area (Å²) < 4.78 is 5.24. The molecule has 144 valence electrons. The molecule has 1 aromatic carbocycles. The maximum absolute atomic E-state index is 12.7. The Morgan fingerprint density at radius 3 is 2.81 bits per heavy atom. The van der Waals surface area contributed by atoms with Crippen molar-refractivity contribution in [1.29, 1.82) is 0 Å². The first kappa shape index (κ1) is 20.3. The van der Waals surface area contributed by atoms with Crippen LogP contribution >= 0.6 is 11.6 Å². The molecule has 1 aliphatic rings. The second-order valence-electron chi connectivity index (χ2n) is 6.72. The van der Waals surface area contributed by atoms with Crippen LogP contribution in [0.25, 0.3) is 0 Å². The Hall–Kier alpha value is -1.99. The van der Waals surface area contributed by atoms with E-state index in [-0.39, 0.29) is 24.3 Å². The number of hydrogen-bond donors (Lipinski definition) is 3. The molecule has 7 nitrogen and oxygen atoms in total. The molecule has 1 amide bonds. The molecule has 0 unspecified atom stereocenters. The number of nitrogens with zero attached hydrogens (tertiary/aromatic N) is 1. The lowest BCUT2D eigenvalue weighted by molar-refractivity contribution is -0.137. The number of halogens is 1. The van der Waals surface area contributed by atoms with Crippen LogP contribution in [0.5, 0.6) is 5.75 Å². The molecule has 2 atom stereocenters. The SMILES string of the molecule is COc1cc(N)c(Cl)cc1C(=O)N[C@H]1CCN(CCCC(=O)O)C[C@H]1C. The number of likely N-dealkylation sites (tertiary alicyclic amines) is 1. The molecule has 0 saturated carbocycles. The number of rotatable bonds is 7. The van der Waals surface area contributed by atoms with Gasteiger partial charge in [-0.2, -0.15) is 0 Å². The Kier molecular flexibility index (Phi) is 7.11. The lowest BCUT2D eigenvalue weighted by atomic mass is 9.93. The Morgan fingerprint density at radius 2 is 2.19 bits per heavy atom. The van der Waals surface area contributed by atoms with Crippen molar-refractivity contribution in [1.82, 2.24) is 10.2 Å². The van der Waals surface area contributed by atoms with Crippen molar-refractivity contribution in [3.05, 3.63) is 22.7 Å². The van der Waals surface area contributed by atoms with E-state index in [2.05, 4.69) is 17.1 Å². The molecule has 2 rings (SSSR count). The number of nitrogens with two attached hydrogens (primary N) is 1. The van der Waals surface area contributed by atoms with Gasteiger partial charge in [0.15, 0.2) is 0 Å². The molecule has 4 N–H and O–H groups in total. The van der Waals surface area contributed by atoms with E-state index in [0.29, 0.717) is 28.4 Å². The number of piperidine rings is 1. The molecule has 26 heavy (non-hydrogen) atoms. The summed E-state index contributed by atoms with van der Waals surface area (Å²) in [5.41, 5.74) is 6.49. The molecular weight excluding hydrogens is 358 g/mol. The van der Waals surface area contributed by atoms with E-state index in [0.717, 1.165) is 26.1 Å². The molecule has 1 heterocycles. The van der Waals surface area contributed by atoms with E-state index in [1.165, 1.54) is 13.2 Å². The van der Waals surface area contributed by atoms with E-state index >= 15 is 0 Å². The fourth-order valence-electron chi connectivity index (χ4n) is 3.26. The molecule has 0 radical (unpaired) electrons. The Balaban J connectivity index is 1.94. The third-order valence-electron chi connectivity index (χ3n) is 4.73. The number of carbonyl (C=O) groups is 2. The molecule has 1 fully saturated rings. The second kappa shape index (κ2) is 9.09. The van der Waals surface area contributed by atoms with Gasteiger partial charge in [-0.15, -0.1) is 0 Å². The quantitative estimate of drug-likeness (QED) is 0.623. The number of carbonyl (C=O) groups excluding carboxylic acids is 1. The van der Waals surface area contributed by atoms with E-state index < -0.39 is 5.97 Å². The Bertz CT molecular complexity index is 668. The average Bonchev–Trinajstić information content (AvgIpc) is 2.58. The number of hydrogen-bond acceptors (Lipinski definition) is 5. The van der Waals surface area contributed by atoms with Gasteiger partial charge in [0.05, 0.1) is 23.4 Å².